The number of oxazole rings is 1. The quantitative estimate of drug-likeness (QED) is 0.670. The lowest BCUT2D eigenvalue weighted by Gasteiger charge is -2.32. The van der Waals surface area contributed by atoms with Crippen molar-refractivity contribution in [1.82, 2.24) is 15.2 Å². The molecule has 1 fully saturated rings. The molecular weight excluding hydrogens is 332 g/mol. The summed E-state index contributed by atoms with van der Waals surface area (Å²) in [5, 5.41) is 10.6. The van der Waals surface area contributed by atoms with Gasteiger partial charge in [0.1, 0.15) is 6.10 Å². The maximum absolute atomic E-state index is 12.3. The number of aryl methyl sites for hydroxylation is 2. The highest BCUT2D eigenvalue weighted by Crippen LogP contribution is 2.27. The lowest BCUT2D eigenvalue weighted by atomic mass is 10.1. The first-order chi connectivity index (χ1) is 12.6. The van der Waals surface area contributed by atoms with Crippen LogP contribution in [0.1, 0.15) is 35.0 Å². The number of carbonyl (C=O) groups excluding carboxylic acids is 1. The molecule has 0 saturated carbocycles. The van der Waals surface area contributed by atoms with Crippen molar-refractivity contribution < 1.29 is 13.9 Å². The van der Waals surface area contributed by atoms with Gasteiger partial charge < -0.3 is 14.1 Å². The molecule has 0 bridgehead atoms. The van der Waals surface area contributed by atoms with Crippen LogP contribution in [0.3, 0.4) is 0 Å². The Bertz CT molecular complexity index is 940. The van der Waals surface area contributed by atoms with Crippen LogP contribution in [0.4, 0.5) is 5.82 Å². The molecule has 0 spiro atoms. The van der Waals surface area contributed by atoms with Gasteiger partial charge in [0.2, 0.25) is 5.76 Å². The molecule has 7 nitrogen and oxygen atoms in total. The number of ether oxygens (including phenoxy) is 1. The first-order valence-electron chi connectivity index (χ1n) is 8.72. The highest BCUT2D eigenvalue weighted by molar-refractivity contribution is 5.91. The van der Waals surface area contributed by atoms with Crippen molar-refractivity contribution in [1.29, 1.82) is 0 Å². The van der Waals surface area contributed by atoms with Crippen molar-refractivity contribution >= 4 is 22.6 Å². The molecule has 3 aromatic rings. The largest absolute Gasteiger partial charge is 0.456 e. The third-order valence-corrected chi connectivity index (χ3v) is 4.66. The van der Waals surface area contributed by atoms with E-state index in [0.717, 1.165) is 42.5 Å². The van der Waals surface area contributed by atoms with Crippen molar-refractivity contribution in [2.45, 2.75) is 32.8 Å². The maximum atomic E-state index is 12.3. The van der Waals surface area contributed by atoms with Gasteiger partial charge >= 0.3 is 5.97 Å². The summed E-state index contributed by atoms with van der Waals surface area (Å²) in [5.41, 5.74) is 0.566. The summed E-state index contributed by atoms with van der Waals surface area (Å²) in [4.78, 5) is 18.6. The van der Waals surface area contributed by atoms with E-state index in [1.807, 2.05) is 18.2 Å². The lowest BCUT2D eigenvalue weighted by molar-refractivity contribution is 0.0207. The summed E-state index contributed by atoms with van der Waals surface area (Å²) in [6, 6.07) is 8.08. The SMILES string of the molecule is Cc1nc(C)c(C(=O)OC2CCN(c3nncc4ccccc34)CC2)o1. The second-order valence-electron chi connectivity index (χ2n) is 6.49. The van der Waals surface area contributed by atoms with Gasteiger partial charge in [-0.1, -0.05) is 24.3 Å². The summed E-state index contributed by atoms with van der Waals surface area (Å²) < 4.78 is 10.9. The fourth-order valence-corrected chi connectivity index (χ4v) is 3.36. The molecule has 0 N–H and O–H groups in total. The van der Waals surface area contributed by atoms with Crippen LogP contribution in [0.25, 0.3) is 10.8 Å². The zero-order chi connectivity index (χ0) is 18.1. The summed E-state index contributed by atoms with van der Waals surface area (Å²) in [5.74, 6) is 1.12. The van der Waals surface area contributed by atoms with Gasteiger partial charge in [-0.15, -0.1) is 5.10 Å². The molecule has 134 valence electrons. The number of anilines is 1. The molecule has 3 heterocycles. The number of nitrogens with zero attached hydrogens (tertiary/aromatic N) is 4. The van der Waals surface area contributed by atoms with Crippen LogP contribution < -0.4 is 4.90 Å². The van der Waals surface area contributed by atoms with Crippen molar-refractivity contribution in [3.63, 3.8) is 0 Å². The minimum Gasteiger partial charge on any atom is -0.456 e. The van der Waals surface area contributed by atoms with Gasteiger partial charge in [0.15, 0.2) is 11.7 Å². The molecule has 1 aliphatic rings. The van der Waals surface area contributed by atoms with Crippen LogP contribution in [0.5, 0.6) is 0 Å². The van der Waals surface area contributed by atoms with E-state index in [9.17, 15) is 4.79 Å². The van der Waals surface area contributed by atoms with Crippen LogP contribution in [0.15, 0.2) is 34.9 Å². The van der Waals surface area contributed by atoms with Gasteiger partial charge in [0, 0.05) is 43.6 Å². The molecule has 0 unspecified atom stereocenters. The van der Waals surface area contributed by atoms with Crippen LogP contribution in [0.2, 0.25) is 0 Å². The molecular formula is C19H20N4O3. The molecule has 7 heteroatoms. The average Bonchev–Trinajstić information content (AvgIpc) is 3.00. The number of carbonyl (C=O) groups is 1. The van der Waals surface area contributed by atoms with Crippen LogP contribution in [-0.2, 0) is 4.74 Å². The molecule has 26 heavy (non-hydrogen) atoms. The number of benzene rings is 1. The topological polar surface area (TPSA) is 81.4 Å². The van der Waals surface area contributed by atoms with Crippen LogP contribution >= 0.6 is 0 Å². The zero-order valence-electron chi connectivity index (χ0n) is 14.8. The maximum Gasteiger partial charge on any atom is 0.376 e. The van der Waals surface area contributed by atoms with E-state index >= 15 is 0 Å². The number of hydrogen-bond donors (Lipinski definition) is 0. The zero-order valence-corrected chi connectivity index (χ0v) is 14.8. The standard InChI is InChI=1S/C19H20N4O3/c1-12-17(25-13(2)21-12)19(24)26-15-7-9-23(10-8-15)18-16-6-4-3-5-14(16)11-20-22-18/h3-6,11,15H,7-10H2,1-2H3. The van der Waals surface area contributed by atoms with Crippen molar-refractivity contribution in [3.8, 4) is 0 Å². The first kappa shape index (κ1) is 16.5. The fraction of sp³-hybridized carbons (Fsp3) is 0.368. The highest BCUT2D eigenvalue weighted by Gasteiger charge is 2.27. The van der Waals surface area contributed by atoms with Crippen molar-refractivity contribution in [3.05, 3.63) is 47.8 Å². The normalized spacial score (nSPS) is 15.4. The third kappa shape index (κ3) is 3.12. The molecule has 0 atom stereocenters. The lowest BCUT2D eigenvalue weighted by Crippen LogP contribution is -2.38. The Morgan fingerprint density at radius 1 is 1.23 bits per heavy atom. The highest BCUT2D eigenvalue weighted by atomic mass is 16.6. The van der Waals surface area contributed by atoms with E-state index in [0.29, 0.717) is 11.6 Å². The Balaban J connectivity index is 1.42. The fourth-order valence-electron chi connectivity index (χ4n) is 3.36. The first-order valence-corrected chi connectivity index (χ1v) is 8.72. The monoisotopic (exact) mass is 352 g/mol. The minimum absolute atomic E-state index is 0.133. The Kier molecular flexibility index (Phi) is 4.28. The van der Waals surface area contributed by atoms with E-state index < -0.39 is 5.97 Å². The molecule has 1 aromatic carbocycles. The minimum atomic E-state index is -0.438. The molecule has 0 radical (unpaired) electrons. The number of hydrogen-bond acceptors (Lipinski definition) is 7. The number of rotatable bonds is 3. The second kappa shape index (κ2) is 6.74. The second-order valence-corrected chi connectivity index (χ2v) is 6.49. The predicted octanol–water partition coefficient (Wildman–Crippen LogP) is 3.06. The van der Waals surface area contributed by atoms with Gasteiger partial charge in [-0.05, 0) is 6.92 Å². The molecule has 4 rings (SSSR count). The van der Waals surface area contributed by atoms with Gasteiger partial charge in [0.05, 0.1) is 11.9 Å². The number of aromatic nitrogens is 3. The van der Waals surface area contributed by atoms with Crippen LogP contribution in [-0.4, -0.2) is 40.3 Å². The van der Waals surface area contributed by atoms with E-state index in [2.05, 4.69) is 26.1 Å². The molecule has 1 saturated heterocycles. The van der Waals surface area contributed by atoms with Crippen molar-refractivity contribution in [2.24, 2.45) is 0 Å². The summed E-state index contributed by atoms with van der Waals surface area (Å²) in [6.45, 7) is 4.98. The van der Waals surface area contributed by atoms with E-state index in [1.54, 1.807) is 20.0 Å². The summed E-state index contributed by atoms with van der Waals surface area (Å²) >= 11 is 0. The van der Waals surface area contributed by atoms with Gasteiger partial charge in [-0.2, -0.15) is 5.10 Å². The smallest absolute Gasteiger partial charge is 0.376 e. The van der Waals surface area contributed by atoms with Gasteiger partial charge in [-0.3, -0.25) is 0 Å². The Labute approximate surface area is 151 Å². The third-order valence-electron chi connectivity index (χ3n) is 4.66. The summed E-state index contributed by atoms with van der Waals surface area (Å²) in [6.07, 6.45) is 3.12. The molecule has 0 amide bonds. The number of piperidine rings is 1. The molecule has 2 aromatic heterocycles. The Morgan fingerprint density at radius 2 is 2.00 bits per heavy atom. The molecule has 1 aliphatic heterocycles. The van der Waals surface area contributed by atoms with E-state index in [4.69, 9.17) is 9.15 Å². The number of esters is 1. The van der Waals surface area contributed by atoms with Gasteiger partial charge in [-0.25, -0.2) is 9.78 Å². The van der Waals surface area contributed by atoms with Gasteiger partial charge in [0.25, 0.3) is 0 Å². The Morgan fingerprint density at radius 3 is 2.73 bits per heavy atom. The van der Waals surface area contributed by atoms with Crippen LogP contribution in [0, 0.1) is 13.8 Å². The van der Waals surface area contributed by atoms with Crippen molar-refractivity contribution in [2.75, 3.05) is 18.0 Å². The summed E-state index contributed by atoms with van der Waals surface area (Å²) in [7, 11) is 0. The number of fused-ring (bicyclic) bond motifs is 1. The molecule has 0 aliphatic carbocycles. The Hall–Kier alpha value is -2.96. The van der Waals surface area contributed by atoms with E-state index in [1.165, 1.54) is 0 Å². The van der Waals surface area contributed by atoms with E-state index in [-0.39, 0.29) is 11.9 Å². The average molecular weight is 352 g/mol. The predicted molar refractivity (Wildman–Crippen MR) is 96.2 cm³/mol.